The first-order chi connectivity index (χ1) is 7.11. The Hall–Kier alpha value is -0.570. The predicted molar refractivity (Wildman–Crippen MR) is 60.9 cm³/mol. The van der Waals surface area contributed by atoms with Gasteiger partial charge in [0.1, 0.15) is 0 Å². The highest BCUT2D eigenvalue weighted by atomic mass is 35.5. The van der Waals surface area contributed by atoms with Crippen molar-refractivity contribution >= 4 is 11.6 Å². The van der Waals surface area contributed by atoms with Crippen molar-refractivity contribution in [1.29, 1.82) is 0 Å². The van der Waals surface area contributed by atoms with Crippen molar-refractivity contribution < 1.29 is 0 Å². The van der Waals surface area contributed by atoms with Gasteiger partial charge in [0.15, 0.2) is 0 Å². The molecule has 3 nitrogen and oxygen atoms in total. The molecule has 1 aliphatic rings. The third-order valence-electron chi connectivity index (χ3n) is 3.40. The Morgan fingerprint density at radius 1 is 1.53 bits per heavy atom. The van der Waals surface area contributed by atoms with E-state index in [1.807, 2.05) is 11.6 Å². The lowest BCUT2D eigenvalue weighted by Gasteiger charge is -2.24. The van der Waals surface area contributed by atoms with E-state index < -0.39 is 0 Å². The molecule has 0 radical (unpaired) electrons. The van der Waals surface area contributed by atoms with E-state index in [2.05, 4.69) is 17.2 Å². The maximum atomic E-state index is 6.08. The number of hydrogen-bond acceptors (Lipinski definition) is 2. The summed E-state index contributed by atoms with van der Waals surface area (Å²) in [7, 11) is 0. The van der Waals surface area contributed by atoms with Gasteiger partial charge in [-0.15, -0.1) is 16.7 Å². The zero-order valence-corrected chi connectivity index (χ0v) is 10.2. The maximum Gasteiger partial charge on any atom is 0.0763 e. The topological polar surface area (TPSA) is 30.7 Å². The molecular formula is C11H18ClN3. The Bertz CT molecular complexity index is 326. The van der Waals surface area contributed by atoms with Crippen LogP contribution in [0.25, 0.3) is 0 Å². The van der Waals surface area contributed by atoms with Crippen molar-refractivity contribution in [3.8, 4) is 0 Å². The number of alkyl halides is 1. The molecule has 1 heterocycles. The zero-order chi connectivity index (χ0) is 10.9. The molecule has 84 valence electrons. The molecule has 1 fully saturated rings. The van der Waals surface area contributed by atoms with Gasteiger partial charge in [0.25, 0.3) is 0 Å². The average molecular weight is 228 g/mol. The van der Waals surface area contributed by atoms with Crippen LogP contribution in [0.15, 0.2) is 6.20 Å². The highest BCUT2D eigenvalue weighted by Crippen LogP contribution is 2.39. The molecule has 4 heteroatoms. The van der Waals surface area contributed by atoms with Gasteiger partial charge < -0.3 is 0 Å². The van der Waals surface area contributed by atoms with Gasteiger partial charge in [0, 0.05) is 6.54 Å². The third-order valence-corrected chi connectivity index (χ3v) is 3.62. The fraction of sp³-hybridized carbons (Fsp3) is 0.818. The van der Waals surface area contributed by atoms with Gasteiger partial charge in [-0.2, -0.15) is 0 Å². The van der Waals surface area contributed by atoms with Crippen molar-refractivity contribution in [2.75, 3.05) is 0 Å². The van der Waals surface area contributed by atoms with Crippen LogP contribution in [-0.4, -0.2) is 15.0 Å². The molecule has 1 saturated carbocycles. The molecule has 0 aliphatic heterocycles. The second kappa shape index (κ2) is 4.12. The van der Waals surface area contributed by atoms with E-state index in [1.54, 1.807) is 6.20 Å². The number of halogens is 1. The van der Waals surface area contributed by atoms with Crippen molar-refractivity contribution in [3.63, 3.8) is 0 Å². The Morgan fingerprint density at radius 2 is 2.20 bits per heavy atom. The number of nitrogens with zero attached hydrogens (tertiary/aromatic N) is 3. The Kier molecular flexibility index (Phi) is 3.01. The van der Waals surface area contributed by atoms with Crippen LogP contribution in [0.2, 0.25) is 0 Å². The fourth-order valence-corrected chi connectivity index (χ4v) is 2.61. The first-order valence-electron chi connectivity index (χ1n) is 5.63. The van der Waals surface area contributed by atoms with E-state index in [0.29, 0.717) is 5.41 Å². The van der Waals surface area contributed by atoms with Gasteiger partial charge in [0.2, 0.25) is 0 Å². The largest absolute Gasteiger partial charge is 0.247 e. The average Bonchev–Trinajstić information content (AvgIpc) is 2.75. The van der Waals surface area contributed by atoms with Crippen molar-refractivity contribution in [2.24, 2.45) is 5.41 Å². The Balaban J connectivity index is 2.13. The predicted octanol–water partition coefficient (Wildman–Crippen LogP) is 3.16. The summed E-state index contributed by atoms with van der Waals surface area (Å²) in [5.74, 6) is 0. The number of rotatable bonds is 3. The molecule has 0 aromatic carbocycles. The van der Waals surface area contributed by atoms with Crippen LogP contribution in [-0.2, 0) is 6.54 Å². The minimum atomic E-state index is -0.00926. The molecule has 1 aromatic rings. The molecule has 0 amide bonds. The number of aromatic nitrogens is 3. The lowest BCUT2D eigenvalue weighted by atomic mass is 9.89. The van der Waals surface area contributed by atoms with Crippen LogP contribution < -0.4 is 0 Å². The van der Waals surface area contributed by atoms with Gasteiger partial charge in [-0.1, -0.05) is 25.0 Å². The summed E-state index contributed by atoms with van der Waals surface area (Å²) in [6, 6.07) is 0. The van der Waals surface area contributed by atoms with E-state index in [-0.39, 0.29) is 5.38 Å². The monoisotopic (exact) mass is 227 g/mol. The summed E-state index contributed by atoms with van der Waals surface area (Å²) in [4.78, 5) is 0. The third kappa shape index (κ3) is 2.33. The van der Waals surface area contributed by atoms with E-state index >= 15 is 0 Å². The quantitative estimate of drug-likeness (QED) is 0.743. The molecule has 1 aliphatic carbocycles. The van der Waals surface area contributed by atoms with Gasteiger partial charge in [-0.3, -0.25) is 0 Å². The van der Waals surface area contributed by atoms with Crippen molar-refractivity contribution in [1.82, 2.24) is 15.0 Å². The Labute approximate surface area is 95.8 Å². The van der Waals surface area contributed by atoms with E-state index in [1.165, 1.54) is 25.7 Å². The van der Waals surface area contributed by atoms with Crippen LogP contribution in [0.1, 0.15) is 50.6 Å². The van der Waals surface area contributed by atoms with E-state index in [4.69, 9.17) is 11.6 Å². The van der Waals surface area contributed by atoms with Crippen LogP contribution >= 0.6 is 11.6 Å². The second-order valence-corrected chi connectivity index (χ2v) is 5.60. The first-order valence-corrected chi connectivity index (χ1v) is 6.07. The minimum Gasteiger partial charge on any atom is -0.247 e. The second-order valence-electron chi connectivity index (χ2n) is 4.95. The molecule has 0 spiro atoms. The number of hydrogen-bond donors (Lipinski definition) is 0. The standard InChI is InChI=1S/C11H18ClN3/c1-9(12)10-7-13-14-15(10)8-11(2)5-3-4-6-11/h7,9H,3-6,8H2,1-2H3. The summed E-state index contributed by atoms with van der Waals surface area (Å²) in [5.41, 5.74) is 1.43. The van der Waals surface area contributed by atoms with Crippen LogP contribution in [0.5, 0.6) is 0 Å². The fourth-order valence-electron chi connectivity index (χ4n) is 2.44. The molecule has 0 bridgehead atoms. The summed E-state index contributed by atoms with van der Waals surface area (Å²) in [5, 5.41) is 8.06. The lowest BCUT2D eigenvalue weighted by molar-refractivity contribution is 0.261. The molecule has 1 unspecified atom stereocenters. The van der Waals surface area contributed by atoms with E-state index in [9.17, 15) is 0 Å². The summed E-state index contributed by atoms with van der Waals surface area (Å²) in [6.07, 6.45) is 7.05. The SMILES string of the molecule is CC(Cl)c1cnnn1CC1(C)CCCC1. The van der Waals surface area contributed by atoms with Crippen LogP contribution in [0.4, 0.5) is 0 Å². The first kappa shape index (κ1) is 10.9. The van der Waals surface area contributed by atoms with Crippen molar-refractivity contribution in [3.05, 3.63) is 11.9 Å². The molecule has 0 saturated heterocycles. The minimum absolute atomic E-state index is 0.00926. The molecule has 2 rings (SSSR count). The van der Waals surface area contributed by atoms with Gasteiger partial charge in [0.05, 0.1) is 17.3 Å². The van der Waals surface area contributed by atoms with Crippen LogP contribution in [0, 0.1) is 5.41 Å². The van der Waals surface area contributed by atoms with Crippen molar-refractivity contribution in [2.45, 2.75) is 51.5 Å². The molecule has 15 heavy (non-hydrogen) atoms. The van der Waals surface area contributed by atoms with Gasteiger partial charge in [-0.25, -0.2) is 4.68 Å². The van der Waals surface area contributed by atoms with Crippen LogP contribution in [0.3, 0.4) is 0 Å². The molecule has 1 aromatic heterocycles. The summed E-state index contributed by atoms with van der Waals surface area (Å²) >= 11 is 6.08. The maximum absolute atomic E-state index is 6.08. The highest BCUT2D eigenvalue weighted by molar-refractivity contribution is 6.20. The summed E-state index contributed by atoms with van der Waals surface area (Å²) in [6.45, 7) is 5.26. The molecule has 0 N–H and O–H groups in total. The Morgan fingerprint density at radius 3 is 2.80 bits per heavy atom. The zero-order valence-electron chi connectivity index (χ0n) is 9.41. The van der Waals surface area contributed by atoms with E-state index in [0.717, 1.165) is 12.2 Å². The van der Waals surface area contributed by atoms with Gasteiger partial charge in [-0.05, 0) is 25.2 Å². The lowest BCUT2D eigenvalue weighted by Crippen LogP contribution is -2.22. The summed E-state index contributed by atoms with van der Waals surface area (Å²) < 4.78 is 1.98. The van der Waals surface area contributed by atoms with Gasteiger partial charge >= 0.3 is 0 Å². The molecular weight excluding hydrogens is 210 g/mol. The highest BCUT2D eigenvalue weighted by Gasteiger charge is 2.30. The smallest absolute Gasteiger partial charge is 0.0763 e. The molecule has 1 atom stereocenters. The normalized spacial score (nSPS) is 21.8.